The van der Waals surface area contributed by atoms with Crippen molar-refractivity contribution >= 4 is 34.4 Å². The number of rotatable bonds is 6. The van der Waals surface area contributed by atoms with Crippen molar-refractivity contribution in [2.24, 2.45) is 0 Å². The first-order chi connectivity index (χ1) is 12.5. The molecule has 0 fully saturated rings. The summed E-state index contributed by atoms with van der Waals surface area (Å²) in [7, 11) is 0. The number of fused-ring (bicyclic) bond motifs is 1. The summed E-state index contributed by atoms with van der Waals surface area (Å²) in [6, 6.07) is 8.88. The van der Waals surface area contributed by atoms with Crippen molar-refractivity contribution < 1.29 is 18.3 Å². The summed E-state index contributed by atoms with van der Waals surface area (Å²) in [6.07, 6.45) is 0. The summed E-state index contributed by atoms with van der Waals surface area (Å²) < 4.78 is 32.7. The molecule has 0 bridgehead atoms. The Labute approximate surface area is 153 Å². The fraction of sp³-hybridized carbons (Fsp3) is 0.222. The highest BCUT2D eigenvalue weighted by Crippen LogP contribution is 2.27. The molecule has 3 rings (SSSR count). The summed E-state index contributed by atoms with van der Waals surface area (Å²) in [5, 5.41) is 2.21. The minimum Gasteiger partial charge on any atom is -0.494 e. The number of para-hydroxylation sites is 1. The molecular weight excluding hydrogens is 360 g/mol. The Balaban J connectivity index is 1.71. The van der Waals surface area contributed by atoms with Gasteiger partial charge in [-0.1, -0.05) is 17.8 Å². The molecule has 0 spiro atoms. The van der Waals surface area contributed by atoms with Gasteiger partial charge in [-0.2, -0.15) is 0 Å². The van der Waals surface area contributed by atoms with E-state index in [1.54, 1.807) is 6.92 Å². The molecule has 1 aromatic heterocycles. The largest absolute Gasteiger partial charge is 0.494 e. The van der Waals surface area contributed by atoms with Gasteiger partial charge in [-0.25, -0.2) is 13.8 Å². The van der Waals surface area contributed by atoms with Gasteiger partial charge in [-0.3, -0.25) is 4.79 Å². The first kappa shape index (κ1) is 18.2. The standard InChI is InChI=1S/C18H17F2N3O2S/c1-3-25-11-7-8-14-15(9-11)22-18(21-14)26-10(2)17(24)23-16-12(19)5-4-6-13(16)20/h4-10H,3H2,1-2H3,(H,21,22)(H,23,24). The fourth-order valence-electron chi connectivity index (χ4n) is 2.34. The van der Waals surface area contributed by atoms with Gasteiger partial charge in [0.05, 0.1) is 22.9 Å². The van der Waals surface area contributed by atoms with Gasteiger partial charge in [0.1, 0.15) is 23.1 Å². The van der Waals surface area contributed by atoms with Gasteiger partial charge in [0.15, 0.2) is 5.16 Å². The van der Waals surface area contributed by atoms with Gasteiger partial charge >= 0.3 is 0 Å². The van der Waals surface area contributed by atoms with Crippen LogP contribution in [0.15, 0.2) is 41.6 Å². The molecular formula is C18H17F2N3O2S. The third-order valence-electron chi connectivity index (χ3n) is 3.61. The van der Waals surface area contributed by atoms with Crippen molar-refractivity contribution in [3.8, 4) is 5.75 Å². The molecule has 5 nitrogen and oxygen atoms in total. The molecule has 1 heterocycles. The summed E-state index contributed by atoms with van der Waals surface area (Å²) in [5.74, 6) is -1.43. The molecule has 1 unspecified atom stereocenters. The molecule has 8 heteroatoms. The van der Waals surface area contributed by atoms with Crippen molar-refractivity contribution in [3.63, 3.8) is 0 Å². The Hall–Kier alpha value is -2.61. The second-order valence-electron chi connectivity index (χ2n) is 5.50. The summed E-state index contributed by atoms with van der Waals surface area (Å²) in [5.41, 5.74) is 1.07. The Morgan fingerprint density at radius 2 is 2.04 bits per heavy atom. The van der Waals surface area contributed by atoms with E-state index in [4.69, 9.17) is 4.74 Å². The van der Waals surface area contributed by atoms with Crippen molar-refractivity contribution in [3.05, 3.63) is 48.0 Å². The van der Waals surface area contributed by atoms with E-state index in [9.17, 15) is 13.6 Å². The van der Waals surface area contributed by atoms with Gasteiger partial charge in [0, 0.05) is 6.07 Å². The number of hydrogen-bond donors (Lipinski definition) is 2. The molecule has 2 N–H and O–H groups in total. The lowest BCUT2D eigenvalue weighted by atomic mass is 10.3. The molecule has 3 aromatic rings. The van der Waals surface area contributed by atoms with Crippen LogP contribution in [0, 0.1) is 11.6 Å². The summed E-state index contributed by atoms with van der Waals surface area (Å²) in [4.78, 5) is 19.8. The molecule has 0 aliphatic heterocycles. The molecule has 0 saturated carbocycles. The number of thioether (sulfide) groups is 1. The number of anilines is 1. The predicted octanol–water partition coefficient (Wildman–Crippen LogP) is 4.36. The quantitative estimate of drug-likeness (QED) is 0.627. The van der Waals surface area contributed by atoms with E-state index in [1.807, 2.05) is 25.1 Å². The van der Waals surface area contributed by atoms with E-state index in [-0.39, 0.29) is 0 Å². The number of carbonyl (C=O) groups excluding carboxylic acids is 1. The SMILES string of the molecule is CCOc1ccc2nc(SC(C)C(=O)Nc3c(F)cccc3F)[nH]c2c1. The maximum Gasteiger partial charge on any atom is 0.237 e. The van der Waals surface area contributed by atoms with Gasteiger partial charge in [-0.05, 0) is 38.1 Å². The van der Waals surface area contributed by atoms with Crippen molar-refractivity contribution in [2.45, 2.75) is 24.3 Å². The zero-order valence-electron chi connectivity index (χ0n) is 14.2. The molecule has 0 aliphatic carbocycles. The zero-order chi connectivity index (χ0) is 18.7. The number of aromatic amines is 1. The fourth-order valence-corrected chi connectivity index (χ4v) is 3.16. The van der Waals surface area contributed by atoms with Crippen LogP contribution in [0.2, 0.25) is 0 Å². The molecule has 2 aromatic carbocycles. The smallest absolute Gasteiger partial charge is 0.237 e. The zero-order valence-corrected chi connectivity index (χ0v) is 15.0. The Bertz CT molecular complexity index is 925. The third-order valence-corrected chi connectivity index (χ3v) is 4.60. The first-order valence-electron chi connectivity index (χ1n) is 8.02. The molecule has 1 atom stereocenters. The number of ether oxygens (including phenoxy) is 1. The van der Waals surface area contributed by atoms with E-state index in [0.717, 1.165) is 40.7 Å². The maximum absolute atomic E-state index is 13.6. The van der Waals surface area contributed by atoms with Gasteiger partial charge in [0.25, 0.3) is 0 Å². The highest BCUT2D eigenvalue weighted by Gasteiger charge is 2.20. The Morgan fingerprint density at radius 1 is 1.31 bits per heavy atom. The van der Waals surface area contributed by atoms with Crippen molar-refractivity contribution in [1.82, 2.24) is 9.97 Å². The van der Waals surface area contributed by atoms with E-state index in [0.29, 0.717) is 11.8 Å². The first-order valence-corrected chi connectivity index (χ1v) is 8.90. The van der Waals surface area contributed by atoms with Crippen LogP contribution in [0.4, 0.5) is 14.5 Å². The predicted molar refractivity (Wildman–Crippen MR) is 97.6 cm³/mol. The number of nitrogens with one attached hydrogen (secondary N) is 2. The summed E-state index contributed by atoms with van der Waals surface area (Å²) in [6.45, 7) is 4.10. The lowest BCUT2D eigenvalue weighted by molar-refractivity contribution is -0.115. The number of aromatic nitrogens is 2. The number of amides is 1. The van der Waals surface area contributed by atoms with Gasteiger partial charge in [-0.15, -0.1) is 0 Å². The molecule has 26 heavy (non-hydrogen) atoms. The lowest BCUT2D eigenvalue weighted by Gasteiger charge is -2.11. The van der Waals surface area contributed by atoms with Crippen LogP contribution in [-0.2, 0) is 4.79 Å². The van der Waals surface area contributed by atoms with Crippen LogP contribution >= 0.6 is 11.8 Å². The number of hydrogen-bond acceptors (Lipinski definition) is 4. The number of halogens is 2. The van der Waals surface area contributed by atoms with E-state index < -0.39 is 28.5 Å². The van der Waals surface area contributed by atoms with E-state index in [2.05, 4.69) is 15.3 Å². The van der Waals surface area contributed by atoms with Crippen LogP contribution in [0.1, 0.15) is 13.8 Å². The van der Waals surface area contributed by atoms with Crippen molar-refractivity contribution in [2.75, 3.05) is 11.9 Å². The van der Waals surface area contributed by atoms with Crippen LogP contribution in [0.5, 0.6) is 5.75 Å². The molecule has 136 valence electrons. The van der Waals surface area contributed by atoms with E-state index in [1.165, 1.54) is 6.07 Å². The van der Waals surface area contributed by atoms with Gasteiger partial charge in [0.2, 0.25) is 5.91 Å². The minimum atomic E-state index is -0.817. The minimum absolute atomic E-state index is 0.448. The average molecular weight is 377 g/mol. The van der Waals surface area contributed by atoms with Gasteiger partial charge < -0.3 is 15.0 Å². The number of nitrogens with zero attached hydrogens (tertiary/aromatic N) is 1. The second-order valence-corrected chi connectivity index (χ2v) is 6.83. The Kier molecular flexibility index (Phi) is 5.41. The highest BCUT2D eigenvalue weighted by molar-refractivity contribution is 8.00. The molecule has 1 amide bonds. The highest BCUT2D eigenvalue weighted by atomic mass is 32.2. The number of benzene rings is 2. The van der Waals surface area contributed by atoms with E-state index >= 15 is 0 Å². The number of carbonyl (C=O) groups is 1. The molecule has 0 radical (unpaired) electrons. The second kappa shape index (κ2) is 7.74. The normalized spacial score (nSPS) is 12.2. The Morgan fingerprint density at radius 3 is 2.73 bits per heavy atom. The molecule has 0 aliphatic rings. The monoisotopic (exact) mass is 377 g/mol. The van der Waals surface area contributed by atoms with Crippen LogP contribution in [-0.4, -0.2) is 27.7 Å². The van der Waals surface area contributed by atoms with Crippen LogP contribution in [0.3, 0.4) is 0 Å². The summed E-state index contributed by atoms with van der Waals surface area (Å²) >= 11 is 1.16. The molecule has 0 saturated heterocycles. The average Bonchev–Trinajstić information content (AvgIpc) is 3.00. The number of H-pyrrole nitrogens is 1. The third kappa shape index (κ3) is 3.96. The topological polar surface area (TPSA) is 67.0 Å². The van der Waals surface area contributed by atoms with Crippen LogP contribution in [0.25, 0.3) is 11.0 Å². The lowest BCUT2D eigenvalue weighted by Crippen LogP contribution is -2.23. The number of imidazole rings is 1. The maximum atomic E-state index is 13.6. The van der Waals surface area contributed by atoms with Crippen LogP contribution < -0.4 is 10.1 Å². The van der Waals surface area contributed by atoms with Crippen molar-refractivity contribution in [1.29, 1.82) is 0 Å².